The number of H-pyrrole nitrogens is 1. The molecular formula is C11H18N4O. The molecule has 0 aliphatic heterocycles. The van der Waals surface area contributed by atoms with E-state index in [4.69, 9.17) is 0 Å². The molecule has 5 heteroatoms. The lowest BCUT2D eigenvalue weighted by molar-refractivity contribution is -0.117. The van der Waals surface area contributed by atoms with Crippen molar-refractivity contribution in [3.05, 3.63) is 23.8 Å². The predicted molar refractivity (Wildman–Crippen MR) is 61.8 cm³/mol. The van der Waals surface area contributed by atoms with E-state index in [0.29, 0.717) is 6.54 Å². The lowest BCUT2D eigenvalue weighted by Crippen LogP contribution is -2.25. The Morgan fingerprint density at radius 3 is 3.06 bits per heavy atom. The van der Waals surface area contributed by atoms with Gasteiger partial charge >= 0.3 is 0 Å². The van der Waals surface area contributed by atoms with Crippen molar-refractivity contribution in [1.82, 2.24) is 20.5 Å². The predicted octanol–water partition coefficient (Wildman–Crippen LogP) is 1.21. The van der Waals surface area contributed by atoms with Crippen molar-refractivity contribution in [1.29, 1.82) is 0 Å². The average molecular weight is 222 g/mol. The molecule has 88 valence electrons. The highest BCUT2D eigenvalue weighted by molar-refractivity contribution is 5.92. The van der Waals surface area contributed by atoms with Crippen LogP contribution in [0, 0.1) is 0 Å². The van der Waals surface area contributed by atoms with Crippen molar-refractivity contribution in [3.63, 3.8) is 0 Å². The molecular weight excluding hydrogens is 204 g/mol. The Bertz CT molecular complexity index is 343. The molecule has 0 spiro atoms. The summed E-state index contributed by atoms with van der Waals surface area (Å²) >= 11 is 0. The van der Waals surface area contributed by atoms with Gasteiger partial charge in [-0.15, -0.1) is 0 Å². The van der Waals surface area contributed by atoms with E-state index in [1.165, 1.54) is 6.33 Å². The van der Waals surface area contributed by atoms with Gasteiger partial charge in [0.2, 0.25) is 5.91 Å². The Morgan fingerprint density at radius 1 is 1.62 bits per heavy atom. The van der Waals surface area contributed by atoms with E-state index >= 15 is 0 Å². The molecule has 1 rings (SSSR count). The summed E-state index contributed by atoms with van der Waals surface area (Å²) in [6.07, 6.45) is 5.96. The first-order chi connectivity index (χ1) is 7.74. The van der Waals surface area contributed by atoms with Crippen LogP contribution in [0.25, 0.3) is 0 Å². The van der Waals surface area contributed by atoms with E-state index in [2.05, 4.69) is 20.5 Å². The SMILES string of the molecule is CCC=C(C)C(=O)NCCCc1ncn[nH]1. The van der Waals surface area contributed by atoms with Gasteiger partial charge in [0.15, 0.2) is 0 Å². The highest BCUT2D eigenvalue weighted by Gasteiger charge is 2.02. The van der Waals surface area contributed by atoms with Gasteiger partial charge in [0.1, 0.15) is 12.2 Å². The van der Waals surface area contributed by atoms with Crippen molar-refractivity contribution in [2.24, 2.45) is 0 Å². The molecule has 0 fully saturated rings. The average Bonchev–Trinajstić information content (AvgIpc) is 2.77. The number of allylic oxidation sites excluding steroid dienone is 1. The molecule has 0 saturated carbocycles. The number of aromatic nitrogens is 3. The Hall–Kier alpha value is -1.65. The number of rotatable bonds is 6. The molecule has 0 aromatic carbocycles. The summed E-state index contributed by atoms with van der Waals surface area (Å²) in [6, 6.07) is 0. The third-order valence-corrected chi connectivity index (χ3v) is 2.21. The molecule has 0 aliphatic carbocycles. The zero-order valence-electron chi connectivity index (χ0n) is 9.79. The van der Waals surface area contributed by atoms with Crippen LogP contribution in [0.15, 0.2) is 18.0 Å². The molecule has 1 amide bonds. The fourth-order valence-corrected chi connectivity index (χ4v) is 1.35. The largest absolute Gasteiger partial charge is 0.352 e. The van der Waals surface area contributed by atoms with Crippen LogP contribution in [0.2, 0.25) is 0 Å². The van der Waals surface area contributed by atoms with Crippen LogP contribution in [-0.4, -0.2) is 27.6 Å². The van der Waals surface area contributed by atoms with E-state index in [1.807, 2.05) is 19.9 Å². The molecule has 16 heavy (non-hydrogen) atoms. The smallest absolute Gasteiger partial charge is 0.246 e. The van der Waals surface area contributed by atoms with Crippen molar-refractivity contribution in [3.8, 4) is 0 Å². The van der Waals surface area contributed by atoms with Gasteiger partial charge in [-0.05, 0) is 19.8 Å². The van der Waals surface area contributed by atoms with Crippen molar-refractivity contribution in [2.75, 3.05) is 6.54 Å². The second kappa shape index (κ2) is 6.76. The number of hydrogen-bond acceptors (Lipinski definition) is 3. The summed E-state index contributed by atoms with van der Waals surface area (Å²) in [5.74, 6) is 0.870. The van der Waals surface area contributed by atoms with E-state index in [-0.39, 0.29) is 5.91 Å². The number of carbonyl (C=O) groups excluding carboxylic acids is 1. The molecule has 2 N–H and O–H groups in total. The monoisotopic (exact) mass is 222 g/mol. The van der Waals surface area contributed by atoms with Gasteiger partial charge in [-0.25, -0.2) is 4.98 Å². The van der Waals surface area contributed by atoms with Crippen LogP contribution in [0.1, 0.15) is 32.5 Å². The summed E-state index contributed by atoms with van der Waals surface area (Å²) < 4.78 is 0. The second-order valence-electron chi connectivity index (χ2n) is 3.59. The quantitative estimate of drug-likeness (QED) is 0.561. The summed E-state index contributed by atoms with van der Waals surface area (Å²) in [4.78, 5) is 15.5. The normalized spacial score (nSPS) is 11.5. The maximum absolute atomic E-state index is 11.5. The lowest BCUT2D eigenvalue weighted by atomic mass is 10.2. The maximum Gasteiger partial charge on any atom is 0.246 e. The first-order valence-corrected chi connectivity index (χ1v) is 5.53. The first-order valence-electron chi connectivity index (χ1n) is 5.53. The second-order valence-corrected chi connectivity index (χ2v) is 3.59. The summed E-state index contributed by atoms with van der Waals surface area (Å²) in [5, 5.41) is 9.40. The molecule has 0 radical (unpaired) electrons. The highest BCUT2D eigenvalue weighted by atomic mass is 16.1. The minimum Gasteiger partial charge on any atom is -0.352 e. The molecule has 0 aliphatic rings. The van der Waals surface area contributed by atoms with Crippen molar-refractivity contribution >= 4 is 5.91 Å². The molecule has 1 aromatic heterocycles. The van der Waals surface area contributed by atoms with Gasteiger partial charge < -0.3 is 5.32 Å². The van der Waals surface area contributed by atoms with Crippen LogP contribution in [0.4, 0.5) is 0 Å². The Balaban J connectivity index is 2.16. The molecule has 0 saturated heterocycles. The number of amides is 1. The summed E-state index contributed by atoms with van der Waals surface area (Å²) in [6.45, 7) is 4.50. The molecule has 1 heterocycles. The molecule has 0 bridgehead atoms. The fourth-order valence-electron chi connectivity index (χ4n) is 1.35. The number of nitrogens with one attached hydrogen (secondary N) is 2. The third-order valence-electron chi connectivity index (χ3n) is 2.21. The zero-order valence-corrected chi connectivity index (χ0v) is 9.79. The Kier molecular flexibility index (Phi) is 5.25. The van der Waals surface area contributed by atoms with Gasteiger partial charge in [0.25, 0.3) is 0 Å². The van der Waals surface area contributed by atoms with Gasteiger partial charge in [-0.3, -0.25) is 9.89 Å². The minimum atomic E-state index is 0.0134. The fraction of sp³-hybridized carbons (Fsp3) is 0.545. The number of carbonyl (C=O) groups is 1. The van der Waals surface area contributed by atoms with Crippen LogP contribution in [-0.2, 0) is 11.2 Å². The van der Waals surface area contributed by atoms with E-state index in [9.17, 15) is 4.79 Å². The van der Waals surface area contributed by atoms with E-state index in [0.717, 1.165) is 30.7 Å². The van der Waals surface area contributed by atoms with Crippen LogP contribution >= 0.6 is 0 Å². The summed E-state index contributed by atoms with van der Waals surface area (Å²) in [7, 11) is 0. The van der Waals surface area contributed by atoms with Crippen LogP contribution in [0.3, 0.4) is 0 Å². The zero-order chi connectivity index (χ0) is 11.8. The minimum absolute atomic E-state index is 0.0134. The van der Waals surface area contributed by atoms with Gasteiger partial charge in [-0.1, -0.05) is 13.0 Å². The highest BCUT2D eigenvalue weighted by Crippen LogP contribution is 1.96. The van der Waals surface area contributed by atoms with Gasteiger partial charge in [0.05, 0.1) is 0 Å². The van der Waals surface area contributed by atoms with Crippen molar-refractivity contribution < 1.29 is 4.79 Å². The number of nitrogens with zero attached hydrogens (tertiary/aromatic N) is 2. The van der Waals surface area contributed by atoms with Crippen LogP contribution in [0.5, 0.6) is 0 Å². The Labute approximate surface area is 95.4 Å². The lowest BCUT2D eigenvalue weighted by Gasteiger charge is -2.04. The molecule has 1 aromatic rings. The topological polar surface area (TPSA) is 70.7 Å². The number of hydrogen-bond donors (Lipinski definition) is 2. The number of aryl methyl sites for hydroxylation is 1. The van der Waals surface area contributed by atoms with Gasteiger partial charge in [-0.2, -0.15) is 5.10 Å². The van der Waals surface area contributed by atoms with Crippen LogP contribution < -0.4 is 5.32 Å². The summed E-state index contributed by atoms with van der Waals surface area (Å²) in [5.41, 5.74) is 0.780. The van der Waals surface area contributed by atoms with Crippen molar-refractivity contribution in [2.45, 2.75) is 33.1 Å². The standard InChI is InChI=1S/C11H18N4O/c1-3-5-9(2)11(16)12-7-4-6-10-13-8-14-15-10/h5,8H,3-4,6-7H2,1-2H3,(H,12,16)(H,13,14,15). The van der Waals surface area contributed by atoms with Gasteiger partial charge in [0, 0.05) is 18.5 Å². The Morgan fingerprint density at radius 2 is 2.44 bits per heavy atom. The number of aromatic amines is 1. The van der Waals surface area contributed by atoms with E-state index in [1.54, 1.807) is 0 Å². The first kappa shape index (κ1) is 12.4. The third kappa shape index (κ3) is 4.25. The molecule has 0 unspecified atom stereocenters. The molecule has 0 atom stereocenters. The van der Waals surface area contributed by atoms with E-state index < -0.39 is 0 Å². The molecule has 5 nitrogen and oxygen atoms in total. The maximum atomic E-state index is 11.5.